The zero-order valence-electron chi connectivity index (χ0n) is 23.5. The van der Waals surface area contributed by atoms with Gasteiger partial charge in [0.1, 0.15) is 11.9 Å². The Bertz CT molecular complexity index is 1170. The minimum Gasteiger partial charge on any atom is -0.378 e. The Labute approximate surface area is 244 Å². The molecule has 1 aromatic heterocycles. The van der Waals surface area contributed by atoms with E-state index >= 15 is 0 Å². The molecule has 8 nitrogen and oxygen atoms in total. The van der Waals surface area contributed by atoms with Gasteiger partial charge in [0.15, 0.2) is 0 Å². The number of piperidine rings is 1. The molecule has 1 amide bonds. The summed E-state index contributed by atoms with van der Waals surface area (Å²) in [5, 5.41) is 25.9. The van der Waals surface area contributed by atoms with Gasteiger partial charge in [0.05, 0.1) is 12.2 Å². The van der Waals surface area contributed by atoms with Gasteiger partial charge in [-0.3, -0.25) is 25.8 Å². The van der Waals surface area contributed by atoms with Gasteiger partial charge in [-0.1, -0.05) is 55.0 Å². The molecule has 0 spiro atoms. The molecule has 5 N–H and O–H groups in total. The van der Waals surface area contributed by atoms with Crippen molar-refractivity contribution in [2.24, 2.45) is 29.1 Å². The standard InChI is InChI=1S/C31H40F3N5O3/c32-31(33,34)20-36-29(41)30(25-9-3-1-7-23(25)24-8-2-4-10-26(24)30)14-5-6-16-39-17-12-21(13-18-39)37-28(40)27-19-22(38-42)11-15-35-27/h1-4,7-11,15,19,21,23-26,29,36,41-42H,5-6,12-14,16-18,20H2,(H,35,38)(H,37,40). The molecule has 1 aromatic rings. The maximum atomic E-state index is 13.2. The number of amides is 1. The van der Waals surface area contributed by atoms with E-state index in [1.54, 1.807) is 6.07 Å². The highest BCUT2D eigenvalue weighted by Gasteiger charge is 2.60. The van der Waals surface area contributed by atoms with E-state index < -0.39 is 24.4 Å². The summed E-state index contributed by atoms with van der Waals surface area (Å²) in [5.74, 6) is -0.141. The van der Waals surface area contributed by atoms with E-state index in [-0.39, 0.29) is 41.3 Å². The minimum absolute atomic E-state index is 0.0315. The van der Waals surface area contributed by atoms with Crippen LogP contribution in [-0.2, 0) is 0 Å². The summed E-state index contributed by atoms with van der Waals surface area (Å²) in [6.07, 6.45) is 16.0. The average Bonchev–Trinajstić information content (AvgIpc) is 3.29. The van der Waals surface area contributed by atoms with Crippen molar-refractivity contribution in [3.63, 3.8) is 0 Å². The third kappa shape index (κ3) is 6.64. The summed E-state index contributed by atoms with van der Waals surface area (Å²) >= 11 is 0. The number of likely N-dealkylation sites (tertiary alicyclic amines) is 1. The first-order valence-electron chi connectivity index (χ1n) is 14.8. The Morgan fingerprint density at radius 1 is 1.05 bits per heavy atom. The van der Waals surface area contributed by atoms with Crippen molar-refractivity contribution in [2.75, 3.05) is 31.7 Å². The second-order valence-electron chi connectivity index (χ2n) is 11.8. The molecule has 1 saturated heterocycles. The summed E-state index contributed by atoms with van der Waals surface area (Å²) in [5.41, 5.74) is 1.90. The van der Waals surface area contributed by atoms with Gasteiger partial charge in [0.25, 0.3) is 5.91 Å². The first-order chi connectivity index (χ1) is 20.2. The highest BCUT2D eigenvalue weighted by molar-refractivity contribution is 5.93. The van der Waals surface area contributed by atoms with E-state index in [1.165, 1.54) is 12.3 Å². The fraction of sp³-hybridized carbons (Fsp3) is 0.548. The topological polar surface area (TPSA) is 110 Å². The normalized spacial score (nSPS) is 29.7. The second-order valence-corrected chi connectivity index (χ2v) is 11.8. The molecule has 0 radical (unpaired) electrons. The number of halogens is 3. The van der Waals surface area contributed by atoms with Gasteiger partial charge in [0.2, 0.25) is 0 Å². The summed E-state index contributed by atoms with van der Waals surface area (Å²) in [6, 6.07) is 3.08. The number of aliphatic hydroxyl groups is 1. The number of aromatic nitrogens is 1. The number of aliphatic hydroxyl groups excluding tert-OH is 1. The molecule has 5 atom stereocenters. The lowest BCUT2D eigenvalue weighted by molar-refractivity contribution is -0.142. The van der Waals surface area contributed by atoms with Gasteiger partial charge in [-0.15, -0.1) is 0 Å². The van der Waals surface area contributed by atoms with Crippen LogP contribution in [0.4, 0.5) is 18.9 Å². The molecule has 0 aromatic carbocycles. The molecule has 3 aliphatic carbocycles. The summed E-state index contributed by atoms with van der Waals surface area (Å²) in [7, 11) is 0. The molecule has 0 bridgehead atoms. The van der Waals surface area contributed by atoms with Gasteiger partial charge in [-0.05, 0) is 68.0 Å². The molecular formula is C31H40F3N5O3. The molecule has 5 rings (SSSR count). The van der Waals surface area contributed by atoms with Crippen LogP contribution in [0.5, 0.6) is 0 Å². The van der Waals surface area contributed by atoms with Crippen molar-refractivity contribution in [1.82, 2.24) is 20.5 Å². The number of carbonyl (C=O) groups is 1. The van der Waals surface area contributed by atoms with Crippen LogP contribution in [0.3, 0.4) is 0 Å². The highest BCUT2D eigenvalue weighted by atomic mass is 19.4. The SMILES string of the molecule is O=C(NC1CCN(CCCCC2(C(O)NCC(F)(F)F)C3C=CC=CC3C3C=CC=CC32)CC1)c1cc(NO)ccn1. The lowest BCUT2D eigenvalue weighted by Crippen LogP contribution is -2.53. The van der Waals surface area contributed by atoms with Crippen LogP contribution in [0.2, 0.25) is 0 Å². The van der Waals surface area contributed by atoms with Gasteiger partial charge >= 0.3 is 6.18 Å². The molecule has 2 fully saturated rings. The number of anilines is 1. The largest absolute Gasteiger partial charge is 0.401 e. The number of fused-ring (bicyclic) bond motifs is 3. The predicted molar refractivity (Wildman–Crippen MR) is 153 cm³/mol. The number of hydrogen-bond donors (Lipinski definition) is 5. The van der Waals surface area contributed by atoms with Crippen LogP contribution < -0.4 is 16.1 Å². The van der Waals surface area contributed by atoms with Gasteiger partial charge in [-0.2, -0.15) is 13.2 Å². The summed E-state index contributed by atoms with van der Waals surface area (Å²) in [6.45, 7) is 1.28. The van der Waals surface area contributed by atoms with Crippen molar-refractivity contribution >= 4 is 11.6 Å². The van der Waals surface area contributed by atoms with Crippen LogP contribution in [0.1, 0.15) is 42.6 Å². The van der Waals surface area contributed by atoms with E-state index in [0.29, 0.717) is 12.1 Å². The first kappa shape index (κ1) is 30.5. The van der Waals surface area contributed by atoms with E-state index in [4.69, 9.17) is 5.21 Å². The second kappa shape index (κ2) is 13.1. The Kier molecular flexibility index (Phi) is 9.51. The van der Waals surface area contributed by atoms with Crippen LogP contribution in [0, 0.1) is 29.1 Å². The third-order valence-corrected chi connectivity index (χ3v) is 9.42. The molecule has 5 unspecified atom stereocenters. The maximum Gasteiger partial charge on any atom is 0.401 e. The molecule has 2 heterocycles. The fourth-order valence-electron chi connectivity index (χ4n) is 7.47. The van der Waals surface area contributed by atoms with Gasteiger partial charge < -0.3 is 15.3 Å². The summed E-state index contributed by atoms with van der Waals surface area (Å²) in [4.78, 5) is 19.0. The van der Waals surface area contributed by atoms with Crippen molar-refractivity contribution in [3.05, 3.63) is 72.6 Å². The molecular weight excluding hydrogens is 547 g/mol. The number of nitrogens with zero attached hydrogens (tertiary/aromatic N) is 2. The Morgan fingerprint density at radius 3 is 2.31 bits per heavy atom. The average molecular weight is 588 g/mol. The first-order valence-corrected chi connectivity index (χ1v) is 14.8. The molecule has 4 aliphatic rings. The number of alkyl halides is 3. The Morgan fingerprint density at radius 2 is 1.69 bits per heavy atom. The quantitative estimate of drug-likeness (QED) is 0.148. The number of carbonyl (C=O) groups excluding carboxylic acids is 1. The lowest BCUT2D eigenvalue weighted by atomic mass is 9.64. The minimum atomic E-state index is -4.41. The predicted octanol–water partition coefficient (Wildman–Crippen LogP) is 4.43. The van der Waals surface area contributed by atoms with Gasteiger partial charge in [0, 0.05) is 30.7 Å². The van der Waals surface area contributed by atoms with Crippen molar-refractivity contribution < 1.29 is 28.3 Å². The number of nitrogens with one attached hydrogen (secondary N) is 3. The third-order valence-electron chi connectivity index (χ3n) is 9.42. The molecule has 1 saturated carbocycles. The molecule has 1 aliphatic heterocycles. The highest BCUT2D eigenvalue weighted by Crippen LogP contribution is 2.61. The van der Waals surface area contributed by atoms with Crippen LogP contribution in [0.15, 0.2) is 66.9 Å². The van der Waals surface area contributed by atoms with Crippen LogP contribution >= 0.6 is 0 Å². The van der Waals surface area contributed by atoms with E-state index in [0.717, 1.165) is 45.3 Å². The molecule has 42 heavy (non-hydrogen) atoms. The summed E-state index contributed by atoms with van der Waals surface area (Å²) < 4.78 is 39.5. The van der Waals surface area contributed by atoms with Crippen molar-refractivity contribution in [1.29, 1.82) is 0 Å². The number of allylic oxidation sites excluding steroid dienone is 8. The van der Waals surface area contributed by atoms with Crippen molar-refractivity contribution in [2.45, 2.75) is 50.6 Å². The van der Waals surface area contributed by atoms with Crippen LogP contribution in [-0.4, -0.2) is 70.7 Å². The van der Waals surface area contributed by atoms with Gasteiger partial charge in [-0.25, -0.2) is 0 Å². The number of hydrogen-bond acceptors (Lipinski definition) is 7. The Hall–Kier alpha value is -2.99. The number of pyridine rings is 1. The molecule has 11 heteroatoms. The number of unbranched alkanes of at least 4 members (excludes halogenated alkanes) is 1. The van der Waals surface area contributed by atoms with E-state index in [9.17, 15) is 23.1 Å². The smallest absolute Gasteiger partial charge is 0.378 e. The fourth-order valence-corrected chi connectivity index (χ4v) is 7.47. The van der Waals surface area contributed by atoms with E-state index in [1.807, 2.05) is 29.8 Å². The molecule has 228 valence electrons. The maximum absolute atomic E-state index is 13.2. The number of rotatable bonds is 11. The van der Waals surface area contributed by atoms with Crippen molar-refractivity contribution in [3.8, 4) is 0 Å². The van der Waals surface area contributed by atoms with E-state index in [2.05, 4.69) is 44.8 Å². The lowest BCUT2D eigenvalue weighted by Gasteiger charge is -2.44. The Balaban J connectivity index is 1.16. The monoisotopic (exact) mass is 587 g/mol. The zero-order valence-corrected chi connectivity index (χ0v) is 23.5. The van der Waals surface area contributed by atoms with Crippen LogP contribution in [0.25, 0.3) is 0 Å². The zero-order chi connectivity index (χ0) is 29.7.